The Morgan fingerprint density at radius 2 is 1.82 bits per heavy atom. The molecular weight excluding hydrogens is 596 g/mol. The molecule has 0 saturated heterocycles. The van der Waals surface area contributed by atoms with Crippen molar-refractivity contribution in [3.63, 3.8) is 0 Å². The minimum Gasteiger partial charge on any atom is -0.493 e. The summed E-state index contributed by atoms with van der Waals surface area (Å²) in [5.41, 5.74) is 1.95. The number of ether oxygens (including phenoxy) is 4. The molecule has 0 fully saturated rings. The first-order valence-electron chi connectivity index (χ1n) is 13.0. The monoisotopic (exact) mass is 628 g/mol. The average Bonchev–Trinajstić information content (AvgIpc) is 3.18. The van der Waals surface area contributed by atoms with E-state index in [0.717, 1.165) is 5.56 Å². The van der Waals surface area contributed by atoms with Crippen molar-refractivity contribution < 1.29 is 23.7 Å². The Balaban J connectivity index is 1.95. The second kappa shape index (κ2) is 12.4. The second-order valence-corrected chi connectivity index (χ2v) is 11.6. The van der Waals surface area contributed by atoms with Gasteiger partial charge in [-0.1, -0.05) is 29.5 Å². The van der Waals surface area contributed by atoms with Crippen LogP contribution in [0.3, 0.4) is 0 Å². The Bertz CT molecular complexity index is 1640. The predicted octanol–water partition coefficient (Wildman–Crippen LogP) is 5.14. The van der Waals surface area contributed by atoms with E-state index in [1.165, 1.54) is 11.3 Å². The van der Waals surface area contributed by atoms with Gasteiger partial charge in [0.15, 0.2) is 16.3 Å². The minimum atomic E-state index is -0.768. The number of rotatable bonds is 9. The van der Waals surface area contributed by atoms with Crippen molar-refractivity contribution in [1.82, 2.24) is 4.57 Å². The number of benzene rings is 2. The van der Waals surface area contributed by atoms with Crippen molar-refractivity contribution in [1.29, 1.82) is 0 Å². The average molecular weight is 630 g/mol. The van der Waals surface area contributed by atoms with Crippen LogP contribution in [0.2, 0.25) is 0 Å². The minimum absolute atomic E-state index is 0.0425. The number of carbonyl (C=O) groups excluding carboxylic acids is 1. The number of aromatic nitrogens is 1. The fraction of sp³-hybridized carbons (Fsp3) is 0.367. The smallest absolute Gasteiger partial charge is 0.338 e. The lowest BCUT2D eigenvalue weighted by atomic mass is 9.95. The molecule has 0 saturated carbocycles. The highest BCUT2D eigenvalue weighted by Crippen LogP contribution is 2.38. The van der Waals surface area contributed by atoms with Gasteiger partial charge in [0.1, 0.15) is 11.8 Å². The Morgan fingerprint density at radius 3 is 2.48 bits per heavy atom. The lowest BCUT2D eigenvalue weighted by Crippen LogP contribution is -2.40. The number of hydrogen-bond acceptors (Lipinski definition) is 8. The number of hydrogen-bond donors (Lipinski definition) is 0. The maximum absolute atomic E-state index is 14.0. The Morgan fingerprint density at radius 1 is 1.12 bits per heavy atom. The molecule has 1 aliphatic rings. The Hall–Kier alpha value is -3.37. The van der Waals surface area contributed by atoms with Crippen LogP contribution in [0.5, 0.6) is 17.2 Å². The van der Waals surface area contributed by atoms with Gasteiger partial charge in [0, 0.05) is 5.56 Å². The molecule has 0 N–H and O–H groups in total. The summed E-state index contributed by atoms with van der Waals surface area (Å²) in [6.45, 7) is 11.4. The van der Waals surface area contributed by atoms with Gasteiger partial charge < -0.3 is 18.9 Å². The van der Waals surface area contributed by atoms with Gasteiger partial charge in [0.2, 0.25) is 0 Å². The van der Waals surface area contributed by atoms with E-state index >= 15 is 0 Å². The maximum atomic E-state index is 14.0. The largest absolute Gasteiger partial charge is 0.493 e. The topological polar surface area (TPSA) is 88.4 Å². The Kier molecular flexibility index (Phi) is 9.20. The molecule has 2 aromatic carbocycles. The van der Waals surface area contributed by atoms with E-state index in [1.807, 2.05) is 64.1 Å². The highest BCUT2D eigenvalue weighted by Gasteiger charge is 2.35. The third-order valence-electron chi connectivity index (χ3n) is 6.00. The Labute approximate surface area is 245 Å². The number of fused-ring (bicyclic) bond motifs is 1. The second-order valence-electron chi connectivity index (χ2n) is 9.71. The van der Waals surface area contributed by atoms with Crippen LogP contribution in [0.4, 0.5) is 0 Å². The lowest BCUT2D eigenvalue weighted by molar-refractivity contribution is -0.139. The first-order valence-corrected chi connectivity index (χ1v) is 14.7. The van der Waals surface area contributed by atoms with Crippen LogP contribution in [-0.2, 0) is 9.53 Å². The number of esters is 1. The van der Waals surface area contributed by atoms with Crippen molar-refractivity contribution in [2.24, 2.45) is 4.99 Å². The van der Waals surface area contributed by atoms with Gasteiger partial charge in [-0.3, -0.25) is 9.36 Å². The van der Waals surface area contributed by atoms with Gasteiger partial charge in [0.05, 0.1) is 46.2 Å². The summed E-state index contributed by atoms with van der Waals surface area (Å²) in [7, 11) is 1.57. The first kappa shape index (κ1) is 29.6. The quantitative estimate of drug-likeness (QED) is 0.305. The normalized spacial score (nSPS) is 15.2. The van der Waals surface area contributed by atoms with E-state index in [1.54, 1.807) is 31.6 Å². The van der Waals surface area contributed by atoms with Crippen LogP contribution in [0, 0.1) is 0 Å². The van der Waals surface area contributed by atoms with Crippen LogP contribution in [0.25, 0.3) is 6.08 Å². The highest BCUT2D eigenvalue weighted by molar-refractivity contribution is 9.10. The first-order chi connectivity index (χ1) is 19.0. The zero-order valence-corrected chi connectivity index (χ0v) is 26.0. The summed E-state index contributed by atoms with van der Waals surface area (Å²) in [4.78, 5) is 32.4. The zero-order chi connectivity index (χ0) is 29.1. The van der Waals surface area contributed by atoms with Crippen LogP contribution in [-0.4, -0.2) is 36.5 Å². The number of methoxy groups -OCH3 is 1. The summed E-state index contributed by atoms with van der Waals surface area (Å²) >= 11 is 4.83. The van der Waals surface area contributed by atoms with E-state index < -0.39 is 12.0 Å². The molecule has 0 amide bonds. The summed E-state index contributed by atoms with van der Waals surface area (Å²) in [5, 5.41) is 0. The summed E-state index contributed by atoms with van der Waals surface area (Å²) in [6, 6.07) is 10.4. The highest BCUT2D eigenvalue weighted by atomic mass is 79.9. The molecule has 2 heterocycles. The number of halogens is 1. The molecule has 10 heteroatoms. The fourth-order valence-corrected chi connectivity index (χ4v) is 6.08. The fourth-order valence-electron chi connectivity index (χ4n) is 4.48. The molecule has 1 atom stereocenters. The van der Waals surface area contributed by atoms with E-state index in [9.17, 15) is 9.59 Å². The predicted molar refractivity (Wildman–Crippen MR) is 159 cm³/mol. The van der Waals surface area contributed by atoms with Crippen molar-refractivity contribution in [3.8, 4) is 17.2 Å². The summed E-state index contributed by atoms with van der Waals surface area (Å²) in [6.07, 6.45) is 1.64. The number of carbonyl (C=O) groups is 1. The molecule has 40 heavy (non-hydrogen) atoms. The van der Waals surface area contributed by atoms with E-state index in [4.69, 9.17) is 18.9 Å². The molecule has 1 aliphatic heterocycles. The van der Waals surface area contributed by atoms with Crippen molar-refractivity contribution in [3.05, 3.63) is 83.0 Å². The van der Waals surface area contributed by atoms with Crippen LogP contribution < -0.4 is 29.1 Å². The van der Waals surface area contributed by atoms with Crippen LogP contribution in [0.1, 0.15) is 58.7 Å². The van der Waals surface area contributed by atoms with Crippen LogP contribution >= 0.6 is 27.3 Å². The van der Waals surface area contributed by atoms with Gasteiger partial charge in [-0.2, -0.15) is 0 Å². The number of nitrogens with zero attached hydrogens (tertiary/aromatic N) is 2. The molecule has 0 aliphatic carbocycles. The SMILES string of the molecule is CCOC(=O)C1=C(C)N=c2s/c(=C\c3cc(Br)c(OC(C)C)c(OC)c3)c(=O)n2[C@@H]1c1ccccc1OC(C)C. The lowest BCUT2D eigenvalue weighted by Gasteiger charge is -2.26. The van der Waals surface area contributed by atoms with Crippen molar-refractivity contribution in [2.45, 2.75) is 59.8 Å². The number of thiazole rings is 1. The van der Waals surface area contributed by atoms with E-state index in [0.29, 0.717) is 47.9 Å². The molecule has 8 nitrogen and oxygen atoms in total. The van der Waals surface area contributed by atoms with Gasteiger partial charge in [-0.05, 0) is 87.3 Å². The maximum Gasteiger partial charge on any atom is 0.338 e. The molecule has 0 unspecified atom stereocenters. The van der Waals surface area contributed by atoms with E-state index in [2.05, 4.69) is 20.9 Å². The molecule has 0 bridgehead atoms. The zero-order valence-electron chi connectivity index (χ0n) is 23.6. The van der Waals surface area contributed by atoms with Gasteiger partial charge >= 0.3 is 5.97 Å². The number of para-hydroxylation sites is 1. The summed E-state index contributed by atoms with van der Waals surface area (Å²) in [5.74, 6) is 1.20. The third kappa shape index (κ3) is 6.02. The third-order valence-corrected chi connectivity index (χ3v) is 7.57. The van der Waals surface area contributed by atoms with Gasteiger partial charge in [-0.15, -0.1) is 0 Å². The van der Waals surface area contributed by atoms with Crippen molar-refractivity contribution >= 4 is 39.3 Å². The van der Waals surface area contributed by atoms with Gasteiger partial charge in [-0.25, -0.2) is 9.79 Å². The molecular formula is C30H33BrN2O6S. The van der Waals surface area contributed by atoms with Crippen LogP contribution in [0.15, 0.2) is 61.9 Å². The molecule has 1 aromatic heterocycles. The molecule has 3 aromatic rings. The molecule has 0 spiro atoms. The molecule has 212 valence electrons. The summed E-state index contributed by atoms with van der Waals surface area (Å²) < 4.78 is 25.7. The number of allylic oxidation sites excluding steroid dienone is 1. The molecule has 0 radical (unpaired) electrons. The van der Waals surface area contributed by atoms with E-state index in [-0.39, 0.29) is 24.4 Å². The standard InChI is InChI=1S/C30H33BrN2O6S/c1-8-37-29(35)25-18(6)32-30-33(26(25)20-11-9-10-12-22(20)38-16(2)3)28(34)24(40-30)15-19-13-21(31)27(39-17(4)5)23(14-19)36-7/h9-17,26H,8H2,1-7H3/b24-15-/t26-/m1/s1. The molecule has 4 rings (SSSR count). The van der Waals surface area contributed by atoms with Gasteiger partial charge in [0.25, 0.3) is 5.56 Å². The van der Waals surface area contributed by atoms with Crippen molar-refractivity contribution in [2.75, 3.05) is 13.7 Å².